The summed E-state index contributed by atoms with van der Waals surface area (Å²) in [5.74, 6) is 4.61. The Hall–Kier alpha value is -4.55. The van der Waals surface area contributed by atoms with E-state index in [0.717, 1.165) is 10.8 Å². The topological polar surface area (TPSA) is 106 Å². The lowest BCUT2D eigenvalue weighted by molar-refractivity contribution is 0.0701. The number of rotatable bonds is 1. The summed E-state index contributed by atoms with van der Waals surface area (Å²) in [6.45, 7) is 0. The monoisotopic (exact) mass is 380 g/mol. The van der Waals surface area contributed by atoms with Crippen LogP contribution >= 0.6 is 0 Å². The SMILES string of the molecule is O=C=c1c(=C=O)c(=C=O)c2c(C(=O)O)c3cc4ccccc4cc3cc2c1=C=O. The second kappa shape index (κ2) is 6.56. The Kier molecular flexibility index (Phi) is 4.04. The highest BCUT2D eigenvalue weighted by atomic mass is 16.4. The molecule has 0 aliphatic carbocycles. The van der Waals surface area contributed by atoms with Gasteiger partial charge in [0.25, 0.3) is 0 Å². The maximum Gasteiger partial charge on any atom is 0.337 e. The summed E-state index contributed by atoms with van der Waals surface area (Å²) in [4.78, 5) is 58.3. The normalized spacial score (nSPS) is 10.3. The molecular formula is C23H8O6. The number of aromatic carboxylic acids is 1. The number of carboxylic acids is 1. The Labute approximate surface area is 160 Å². The van der Waals surface area contributed by atoms with Gasteiger partial charge in [0.1, 0.15) is 23.8 Å². The molecule has 0 fully saturated rings. The lowest BCUT2D eigenvalue weighted by Crippen LogP contribution is -2.52. The van der Waals surface area contributed by atoms with E-state index in [2.05, 4.69) is 0 Å². The molecule has 29 heavy (non-hydrogen) atoms. The third kappa shape index (κ3) is 2.44. The van der Waals surface area contributed by atoms with Crippen LogP contribution in [0.25, 0.3) is 32.3 Å². The number of hydrogen-bond donors (Lipinski definition) is 1. The molecule has 0 spiro atoms. The molecule has 0 radical (unpaired) electrons. The van der Waals surface area contributed by atoms with Crippen LogP contribution in [0.1, 0.15) is 10.4 Å². The highest BCUT2D eigenvalue weighted by Crippen LogP contribution is 2.29. The first-order valence-electron chi connectivity index (χ1n) is 8.30. The quantitative estimate of drug-likeness (QED) is 0.419. The van der Waals surface area contributed by atoms with Gasteiger partial charge in [0.15, 0.2) is 0 Å². The Bertz CT molecular complexity index is 1740. The minimum Gasteiger partial charge on any atom is -0.478 e. The van der Waals surface area contributed by atoms with E-state index in [0.29, 0.717) is 10.8 Å². The standard InChI is InChI=1S/C23H8O6/c24-8-17-16-7-14-5-12-3-1-2-4-13(12)6-15(14)22(23(28)29)21(16)20(11-27)19(10-26)18(17)9-25/h1-7H,(H,28,29). The molecule has 0 bridgehead atoms. The van der Waals surface area contributed by atoms with E-state index in [1.165, 1.54) is 23.9 Å². The molecule has 0 saturated carbocycles. The van der Waals surface area contributed by atoms with Crippen LogP contribution in [-0.2, 0) is 19.2 Å². The van der Waals surface area contributed by atoms with Crippen molar-refractivity contribution in [3.05, 3.63) is 68.9 Å². The Morgan fingerprint density at radius 1 is 0.655 bits per heavy atom. The van der Waals surface area contributed by atoms with Crippen LogP contribution in [0.5, 0.6) is 0 Å². The van der Waals surface area contributed by atoms with Crippen molar-refractivity contribution in [3.63, 3.8) is 0 Å². The molecule has 4 aromatic carbocycles. The summed E-state index contributed by atoms with van der Waals surface area (Å²) >= 11 is 0. The summed E-state index contributed by atoms with van der Waals surface area (Å²) < 4.78 is 0. The minimum absolute atomic E-state index is 0.00381. The average molecular weight is 380 g/mol. The minimum atomic E-state index is -1.37. The van der Waals surface area contributed by atoms with Crippen LogP contribution in [0.4, 0.5) is 0 Å². The van der Waals surface area contributed by atoms with Crippen molar-refractivity contribution in [2.24, 2.45) is 0 Å². The maximum absolute atomic E-state index is 12.2. The van der Waals surface area contributed by atoms with Crippen LogP contribution in [0.15, 0.2) is 42.5 Å². The zero-order valence-corrected chi connectivity index (χ0v) is 14.5. The molecule has 0 aliphatic heterocycles. The molecule has 0 unspecified atom stereocenters. The van der Waals surface area contributed by atoms with Crippen molar-refractivity contribution in [1.29, 1.82) is 0 Å². The van der Waals surface area contributed by atoms with Crippen molar-refractivity contribution in [1.82, 2.24) is 0 Å². The fourth-order valence-corrected chi connectivity index (χ4v) is 3.69. The van der Waals surface area contributed by atoms with Crippen LogP contribution in [0.3, 0.4) is 0 Å². The lowest BCUT2D eigenvalue weighted by atomic mass is 9.91. The molecule has 0 heterocycles. The molecule has 0 amide bonds. The van der Waals surface area contributed by atoms with Gasteiger partial charge in [0, 0.05) is 10.8 Å². The predicted octanol–water partition coefficient (Wildman–Crippen LogP) is -1.14. The van der Waals surface area contributed by atoms with Gasteiger partial charge in [0.2, 0.25) is 0 Å². The third-order valence-electron chi connectivity index (χ3n) is 4.90. The van der Waals surface area contributed by atoms with Crippen LogP contribution in [0.2, 0.25) is 0 Å². The van der Waals surface area contributed by atoms with Gasteiger partial charge >= 0.3 is 5.97 Å². The van der Waals surface area contributed by atoms with Crippen molar-refractivity contribution in [2.75, 3.05) is 0 Å². The fourth-order valence-electron chi connectivity index (χ4n) is 3.69. The first-order valence-corrected chi connectivity index (χ1v) is 8.30. The first-order chi connectivity index (χ1) is 14.0. The Morgan fingerprint density at radius 2 is 1.17 bits per heavy atom. The second-order valence-corrected chi connectivity index (χ2v) is 6.31. The number of carboxylic acid groups (broad SMARTS) is 1. The van der Waals surface area contributed by atoms with E-state index in [1.54, 1.807) is 30.2 Å². The molecule has 0 atom stereocenters. The molecule has 136 valence electrons. The number of hydrogen-bond acceptors (Lipinski definition) is 5. The van der Waals surface area contributed by atoms with E-state index in [1.807, 2.05) is 12.1 Å². The molecular weight excluding hydrogens is 372 g/mol. The van der Waals surface area contributed by atoms with Gasteiger partial charge in [-0.1, -0.05) is 24.3 Å². The van der Waals surface area contributed by atoms with Crippen LogP contribution < -0.4 is 20.9 Å². The average Bonchev–Trinajstić information content (AvgIpc) is 2.73. The van der Waals surface area contributed by atoms with E-state index in [9.17, 15) is 29.1 Å². The van der Waals surface area contributed by atoms with E-state index >= 15 is 0 Å². The smallest absolute Gasteiger partial charge is 0.337 e. The number of fused-ring (bicyclic) bond motifs is 3. The molecule has 4 rings (SSSR count). The van der Waals surface area contributed by atoms with Crippen molar-refractivity contribution in [3.8, 4) is 0 Å². The van der Waals surface area contributed by atoms with E-state index in [-0.39, 0.29) is 21.6 Å². The molecule has 0 aliphatic rings. The predicted molar refractivity (Wildman–Crippen MR) is 104 cm³/mol. The van der Waals surface area contributed by atoms with Gasteiger partial charge in [-0.15, -0.1) is 0 Å². The Morgan fingerprint density at radius 3 is 1.72 bits per heavy atom. The zero-order chi connectivity index (χ0) is 20.7. The lowest BCUT2D eigenvalue weighted by Gasteiger charge is -2.10. The van der Waals surface area contributed by atoms with E-state index < -0.39 is 21.6 Å². The molecule has 0 aromatic heterocycles. The van der Waals surface area contributed by atoms with Crippen LogP contribution in [0, 0.1) is 0 Å². The molecule has 0 saturated heterocycles. The third-order valence-corrected chi connectivity index (χ3v) is 4.90. The molecule has 1 N–H and O–H groups in total. The number of carbonyl (C=O) groups excluding carboxylic acids is 4. The zero-order valence-electron chi connectivity index (χ0n) is 14.5. The Balaban J connectivity index is 2.58. The van der Waals surface area contributed by atoms with Crippen molar-refractivity contribution < 1.29 is 29.1 Å². The number of carbonyl (C=O) groups is 1. The van der Waals surface area contributed by atoms with Gasteiger partial charge in [-0.3, -0.25) is 0 Å². The van der Waals surface area contributed by atoms with Gasteiger partial charge in [-0.05, 0) is 39.7 Å². The van der Waals surface area contributed by atoms with Crippen molar-refractivity contribution >= 4 is 62.1 Å². The highest BCUT2D eigenvalue weighted by molar-refractivity contribution is 6.19. The maximum atomic E-state index is 12.2. The number of benzene rings is 4. The summed E-state index contributed by atoms with van der Waals surface area (Å²) in [7, 11) is 0. The van der Waals surface area contributed by atoms with Gasteiger partial charge in [-0.2, -0.15) is 0 Å². The summed E-state index contributed by atoms with van der Waals surface area (Å²) in [5, 5.41) is 10.2. The van der Waals surface area contributed by atoms with Crippen LogP contribution in [-0.4, -0.2) is 34.8 Å². The fraction of sp³-hybridized carbons (Fsp3) is 0. The van der Waals surface area contributed by atoms with Gasteiger partial charge in [-0.25, -0.2) is 24.0 Å². The molecule has 6 nitrogen and oxygen atoms in total. The summed E-state index contributed by atoms with van der Waals surface area (Å²) in [6, 6.07) is 12.1. The second-order valence-electron chi connectivity index (χ2n) is 6.31. The summed E-state index contributed by atoms with van der Waals surface area (Å²) in [6.07, 6.45) is 0. The van der Waals surface area contributed by atoms with E-state index in [4.69, 9.17) is 0 Å². The highest BCUT2D eigenvalue weighted by Gasteiger charge is 2.19. The first kappa shape index (κ1) is 17.8. The molecule has 6 heteroatoms. The summed E-state index contributed by atoms with van der Waals surface area (Å²) in [5.41, 5.74) is -0.285. The van der Waals surface area contributed by atoms with Gasteiger partial charge < -0.3 is 5.11 Å². The molecule has 4 aromatic rings. The van der Waals surface area contributed by atoms with Crippen molar-refractivity contribution in [2.45, 2.75) is 0 Å². The largest absolute Gasteiger partial charge is 0.478 e. The van der Waals surface area contributed by atoms with Gasteiger partial charge in [0.05, 0.1) is 26.4 Å².